The average molecular weight is 332 g/mol. The Balaban J connectivity index is 2.48. The van der Waals surface area contributed by atoms with E-state index in [1.807, 2.05) is 17.7 Å². The van der Waals surface area contributed by atoms with E-state index in [4.69, 9.17) is 5.73 Å². The first-order valence-electron chi connectivity index (χ1n) is 7.75. The summed E-state index contributed by atoms with van der Waals surface area (Å²) < 4.78 is 5.82. The summed E-state index contributed by atoms with van der Waals surface area (Å²) in [6, 6.07) is 0.198. The smallest absolute Gasteiger partial charge is 0.332 e. The quantitative estimate of drug-likeness (QED) is 0.720. The average Bonchev–Trinajstić information content (AvgIpc) is 3.03. The summed E-state index contributed by atoms with van der Waals surface area (Å²) in [5.41, 5.74) is 5.49. The number of imidazole rings is 2. The summed E-state index contributed by atoms with van der Waals surface area (Å²) in [7, 11) is 1.52. The topological polar surface area (TPSA) is 109 Å². The van der Waals surface area contributed by atoms with E-state index < -0.39 is 23.7 Å². The highest BCUT2D eigenvalue weighted by Gasteiger charge is 2.21. The van der Waals surface area contributed by atoms with Gasteiger partial charge in [0, 0.05) is 25.0 Å². The predicted octanol–water partition coefficient (Wildman–Crippen LogP) is -0.0859. The van der Waals surface area contributed by atoms with Crippen molar-refractivity contribution in [2.75, 3.05) is 0 Å². The van der Waals surface area contributed by atoms with Gasteiger partial charge in [0.2, 0.25) is 11.7 Å². The Morgan fingerprint density at radius 2 is 2.04 bits per heavy atom. The van der Waals surface area contributed by atoms with Gasteiger partial charge < -0.3 is 10.3 Å². The molecule has 24 heavy (non-hydrogen) atoms. The minimum absolute atomic E-state index is 0.198. The van der Waals surface area contributed by atoms with Crippen LogP contribution in [0.15, 0.2) is 15.8 Å². The van der Waals surface area contributed by atoms with Gasteiger partial charge in [-0.15, -0.1) is 0 Å². The van der Waals surface area contributed by atoms with Gasteiger partial charge in [-0.2, -0.15) is 4.98 Å². The van der Waals surface area contributed by atoms with Crippen molar-refractivity contribution >= 4 is 22.8 Å². The van der Waals surface area contributed by atoms with Crippen LogP contribution in [0.2, 0.25) is 0 Å². The maximum absolute atomic E-state index is 12.7. The molecule has 3 heterocycles. The molecule has 9 heteroatoms. The van der Waals surface area contributed by atoms with Crippen LogP contribution in [0.1, 0.15) is 32.0 Å². The molecule has 3 aromatic heterocycles. The highest BCUT2D eigenvalue weighted by molar-refractivity contribution is 5.77. The lowest BCUT2D eigenvalue weighted by Crippen LogP contribution is -2.42. The zero-order chi connectivity index (χ0) is 17.8. The molecule has 0 spiro atoms. The predicted molar refractivity (Wildman–Crippen MR) is 89.1 cm³/mol. The molecule has 128 valence electrons. The largest absolute Gasteiger partial charge is 0.368 e. The second-order valence-corrected chi connectivity index (χ2v) is 6.05. The van der Waals surface area contributed by atoms with Crippen molar-refractivity contribution in [1.82, 2.24) is 23.1 Å². The number of aromatic nitrogens is 5. The lowest BCUT2D eigenvalue weighted by atomic mass is 10.2. The monoisotopic (exact) mass is 332 g/mol. The zero-order valence-corrected chi connectivity index (χ0v) is 14.1. The summed E-state index contributed by atoms with van der Waals surface area (Å²) in [5.74, 6) is -0.150. The van der Waals surface area contributed by atoms with Gasteiger partial charge in [0.15, 0.2) is 11.2 Å². The molecule has 3 aromatic rings. The van der Waals surface area contributed by atoms with Gasteiger partial charge in [0.05, 0.1) is 0 Å². The number of hydrogen-bond acceptors (Lipinski definition) is 4. The normalized spacial score (nSPS) is 13.0. The molecule has 0 aromatic carbocycles. The van der Waals surface area contributed by atoms with Gasteiger partial charge in [-0.1, -0.05) is 6.92 Å². The molecule has 1 amide bonds. The number of aryl methyl sites for hydroxylation is 2. The Bertz CT molecular complexity index is 1080. The van der Waals surface area contributed by atoms with E-state index in [1.165, 1.54) is 11.6 Å². The molecule has 2 N–H and O–H groups in total. The van der Waals surface area contributed by atoms with E-state index in [-0.39, 0.29) is 17.2 Å². The van der Waals surface area contributed by atoms with Gasteiger partial charge >= 0.3 is 5.69 Å². The number of carbonyl (C=O) groups excluding carboxylic acids is 1. The van der Waals surface area contributed by atoms with Crippen LogP contribution in [0, 0.1) is 6.92 Å². The number of amides is 1. The van der Waals surface area contributed by atoms with E-state index >= 15 is 0 Å². The lowest BCUT2D eigenvalue weighted by Gasteiger charge is -2.12. The molecule has 0 aliphatic rings. The van der Waals surface area contributed by atoms with Crippen molar-refractivity contribution in [1.29, 1.82) is 0 Å². The maximum atomic E-state index is 12.7. The highest BCUT2D eigenvalue weighted by atomic mass is 16.2. The van der Waals surface area contributed by atoms with Crippen molar-refractivity contribution in [2.45, 2.75) is 39.8 Å². The zero-order valence-electron chi connectivity index (χ0n) is 14.1. The first-order chi connectivity index (χ1) is 11.3. The Kier molecular flexibility index (Phi) is 3.58. The number of primary amides is 1. The van der Waals surface area contributed by atoms with Crippen LogP contribution in [0.25, 0.3) is 16.9 Å². The Hall–Kier alpha value is -2.84. The molecule has 0 saturated heterocycles. The van der Waals surface area contributed by atoms with Crippen molar-refractivity contribution in [3.05, 3.63) is 32.7 Å². The summed E-state index contributed by atoms with van der Waals surface area (Å²) in [5, 5.41) is 0. The van der Waals surface area contributed by atoms with E-state index in [0.717, 1.165) is 16.7 Å². The van der Waals surface area contributed by atoms with Crippen LogP contribution < -0.4 is 17.0 Å². The van der Waals surface area contributed by atoms with Crippen LogP contribution in [0.4, 0.5) is 0 Å². The SMILES string of the molecule is CCC(C)n1c(C)cn2c3c(=O)n(CC(N)=O)c(=O)n(C)c3nc12. The standard InChI is InChI=1S/C15H20N6O3/c1-5-8(2)21-9(3)6-19-11-12(17-14(19)21)18(4)15(24)20(13(11)23)7-10(16)22/h6,8H,5,7H2,1-4H3,(H2,16,22). The van der Waals surface area contributed by atoms with Crippen LogP contribution >= 0.6 is 0 Å². The van der Waals surface area contributed by atoms with Gasteiger partial charge in [-0.05, 0) is 20.3 Å². The molecule has 0 radical (unpaired) electrons. The molecule has 0 saturated carbocycles. The minimum atomic E-state index is -0.748. The van der Waals surface area contributed by atoms with Crippen molar-refractivity contribution in [2.24, 2.45) is 12.8 Å². The molecular formula is C15H20N6O3. The van der Waals surface area contributed by atoms with Crippen LogP contribution in [0.5, 0.6) is 0 Å². The molecule has 9 nitrogen and oxygen atoms in total. The van der Waals surface area contributed by atoms with E-state index in [1.54, 1.807) is 4.40 Å². The fraction of sp³-hybridized carbons (Fsp3) is 0.467. The van der Waals surface area contributed by atoms with Gasteiger partial charge in [0.25, 0.3) is 5.56 Å². The molecule has 3 rings (SSSR count). The van der Waals surface area contributed by atoms with E-state index in [2.05, 4.69) is 18.8 Å². The third-order valence-electron chi connectivity index (χ3n) is 4.41. The summed E-state index contributed by atoms with van der Waals surface area (Å²) >= 11 is 0. The fourth-order valence-electron chi connectivity index (χ4n) is 3.05. The molecule has 0 aliphatic carbocycles. The second kappa shape index (κ2) is 5.36. The summed E-state index contributed by atoms with van der Waals surface area (Å²) in [6.45, 7) is 5.62. The minimum Gasteiger partial charge on any atom is -0.368 e. The number of rotatable bonds is 4. The van der Waals surface area contributed by atoms with E-state index in [0.29, 0.717) is 5.78 Å². The first kappa shape index (κ1) is 16.0. The van der Waals surface area contributed by atoms with Crippen molar-refractivity contribution in [3.8, 4) is 0 Å². The molecule has 0 bridgehead atoms. The number of nitrogens with zero attached hydrogens (tertiary/aromatic N) is 5. The molecule has 0 fully saturated rings. The van der Waals surface area contributed by atoms with Crippen LogP contribution in [0.3, 0.4) is 0 Å². The number of hydrogen-bond donors (Lipinski definition) is 1. The Labute approximate surface area is 136 Å². The Morgan fingerprint density at radius 3 is 2.62 bits per heavy atom. The highest BCUT2D eigenvalue weighted by Crippen LogP contribution is 2.21. The molecule has 1 unspecified atom stereocenters. The van der Waals surface area contributed by atoms with Crippen molar-refractivity contribution < 1.29 is 4.79 Å². The molecule has 1 atom stereocenters. The Morgan fingerprint density at radius 1 is 1.38 bits per heavy atom. The van der Waals surface area contributed by atoms with Gasteiger partial charge in [-0.25, -0.2) is 9.36 Å². The van der Waals surface area contributed by atoms with Crippen LogP contribution in [-0.4, -0.2) is 29.0 Å². The lowest BCUT2D eigenvalue weighted by molar-refractivity contribution is -0.118. The number of nitrogens with two attached hydrogens (primary N) is 1. The third kappa shape index (κ3) is 2.08. The van der Waals surface area contributed by atoms with Crippen LogP contribution in [-0.2, 0) is 18.4 Å². The molecule has 0 aliphatic heterocycles. The molecular weight excluding hydrogens is 312 g/mol. The third-order valence-corrected chi connectivity index (χ3v) is 4.41. The van der Waals surface area contributed by atoms with Gasteiger partial charge in [0.1, 0.15) is 6.54 Å². The summed E-state index contributed by atoms with van der Waals surface area (Å²) in [4.78, 5) is 40.8. The van der Waals surface area contributed by atoms with Gasteiger partial charge in [-0.3, -0.25) is 18.6 Å². The maximum Gasteiger partial charge on any atom is 0.332 e. The van der Waals surface area contributed by atoms with Crippen molar-refractivity contribution in [3.63, 3.8) is 0 Å². The first-order valence-corrected chi connectivity index (χ1v) is 7.75. The number of carbonyl (C=O) groups is 1. The second-order valence-electron chi connectivity index (χ2n) is 6.05. The van der Waals surface area contributed by atoms with E-state index in [9.17, 15) is 14.4 Å². The summed E-state index contributed by atoms with van der Waals surface area (Å²) in [6.07, 6.45) is 2.72. The number of fused-ring (bicyclic) bond motifs is 3. The fourth-order valence-corrected chi connectivity index (χ4v) is 3.05.